The minimum absolute atomic E-state index is 0.00952. The fraction of sp³-hybridized carbons (Fsp3) is 0.250. The monoisotopic (exact) mass is 411 g/mol. The summed E-state index contributed by atoms with van der Waals surface area (Å²) in [6.45, 7) is 2.57. The first-order chi connectivity index (χ1) is 15.2. The van der Waals surface area contributed by atoms with Crippen LogP contribution in [-0.2, 0) is 6.42 Å². The van der Waals surface area contributed by atoms with Crippen LogP contribution in [0.3, 0.4) is 0 Å². The summed E-state index contributed by atoms with van der Waals surface area (Å²) >= 11 is 0. The molecule has 3 heterocycles. The molecule has 2 aromatic heterocycles. The number of para-hydroxylation sites is 1. The number of benzene rings is 2. The summed E-state index contributed by atoms with van der Waals surface area (Å²) in [7, 11) is 0. The number of hydrogen-bond donors (Lipinski definition) is 0. The Morgan fingerprint density at radius 1 is 1.10 bits per heavy atom. The van der Waals surface area contributed by atoms with Gasteiger partial charge in [0.1, 0.15) is 0 Å². The zero-order chi connectivity index (χ0) is 20.9. The summed E-state index contributed by atoms with van der Waals surface area (Å²) in [4.78, 5) is 19.6. The number of fused-ring (bicyclic) bond motifs is 1. The van der Waals surface area contributed by atoms with E-state index < -0.39 is 0 Å². The Labute approximate surface area is 179 Å². The molecule has 0 unspecified atom stereocenters. The van der Waals surface area contributed by atoms with Crippen molar-refractivity contribution in [1.29, 1.82) is 0 Å². The average molecular weight is 411 g/mol. The van der Waals surface area contributed by atoms with Gasteiger partial charge in [0, 0.05) is 29.9 Å². The van der Waals surface area contributed by atoms with E-state index in [-0.39, 0.29) is 5.91 Å². The molecule has 7 heteroatoms. The molecule has 154 valence electrons. The zero-order valence-corrected chi connectivity index (χ0v) is 17.2. The van der Waals surface area contributed by atoms with Crippen molar-refractivity contribution in [2.75, 3.05) is 11.4 Å². The zero-order valence-electron chi connectivity index (χ0n) is 17.2. The van der Waals surface area contributed by atoms with Gasteiger partial charge >= 0.3 is 0 Å². The molecule has 0 saturated heterocycles. The van der Waals surface area contributed by atoms with Crippen molar-refractivity contribution in [2.24, 2.45) is 0 Å². The Bertz CT molecular complexity index is 1280. The van der Waals surface area contributed by atoms with Gasteiger partial charge in [-0.25, -0.2) is 4.68 Å². The molecule has 1 amide bonds. The fourth-order valence-electron chi connectivity index (χ4n) is 4.11. The van der Waals surface area contributed by atoms with Crippen molar-refractivity contribution in [2.45, 2.75) is 32.1 Å². The van der Waals surface area contributed by atoms with E-state index in [0.717, 1.165) is 42.1 Å². The number of amides is 1. The standard InChI is InChI=1S/C24H21N5O2/c1-15-20(24(30)28-13-12-16-4-2-3-5-21(16)28)14-29(26-15)19-10-8-17(9-11-19)22-25-23(31-27-22)18-6-7-18/h2-5,8-11,14,18H,6-7,12-13H2,1H3. The number of aromatic nitrogens is 4. The van der Waals surface area contributed by atoms with Gasteiger partial charge in [-0.2, -0.15) is 10.1 Å². The molecule has 0 bridgehead atoms. The second-order valence-corrected chi connectivity index (χ2v) is 8.19. The van der Waals surface area contributed by atoms with Crippen LogP contribution >= 0.6 is 0 Å². The summed E-state index contributed by atoms with van der Waals surface area (Å²) < 4.78 is 7.11. The molecular weight excluding hydrogens is 390 g/mol. The van der Waals surface area contributed by atoms with E-state index in [9.17, 15) is 4.79 Å². The van der Waals surface area contributed by atoms with Crippen LogP contribution in [0.5, 0.6) is 0 Å². The third kappa shape index (κ3) is 3.13. The lowest BCUT2D eigenvalue weighted by Crippen LogP contribution is -2.29. The predicted molar refractivity (Wildman–Crippen MR) is 115 cm³/mol. The first kappa shape index (κ1) is 18.1. The summed E-state index contributed by atoms with van der Waals surface area (Å²) in [5.41, 5.74) is 5.31. The number of carbonyl (C=O) groups excluding carboxylic acids is 1. The van der Waals surface area contributed by atoms with Crippen LogP contribution < -0.4 is 4.90 Å². The molecule has 1 saturated carbocycles. The molecule has 4 aromatic rings. The smallest absolute Gasteiger partial charge is 0.261 e. The van der Waals surface area contributed by atoms with Gasteiger partial charge in [0.25, 0.3) is 5.91 Å². The summed E-state index contributed by atoms with van der Waals surface area (Å²) in [6, 6.07) is 15.9. The van der Waals surface area contributed by atoms with Crippen LogP contribution in [0.15, 0.2) is 59.3 Å². The van der Waals surface area contributed by atoms with Crippen LogP contribution in [0.2, 0.25) is 0 Å². The van der Waals surface area contributed by atoms with Crippen molar-refractivity contribution < 1.29 is 9.32 Å². The Morgan fingerprint density at radius 3 is 2.71 bits per heavy atom. The minimum atomic E-state index is -0.00952. The van der Waals surface area contributed by atoms with Crippen molar-refractivity contribution >= 4 is 11.6 Å². The molecule has 0 radical (unpaired) electrons. The van der Waals surface area contributed by atoms with Gasteiger partial charge in [0.15, 0.2) is 0 Å². The first-order valence-electron chi connectivity index (χ1n) is 10.6. The first-order valence-corrected chi connectivity index (χ1v) is 10.6. The van der Waals surface area contributed by atoms with Crippen LogP contribution in [-0.4, -0.2) is 32.4 Å². The van der Waals surface area contributed by atoms with Crippen molar-refractivity contribution in [3.8, 4) is 17.1 Å². The van der Waals surface area contributed by atoms with Gasteiger partial charge < -0.3 is 9.42 Å². The average Bonchev–Trinajstić information content (AvgIpc) is 3.21. The number of anilines is 1. The number of aryl methyl sites for hydroxylation is 1. The van der Waals surface area contributed by atoms with Gasteiger partial charge in [-0.05, 0) is 62.1 Å². The molecule has 1 fully saturated rings. The van der Waals surface area contributed by atoms with E-state index in [4.69, 9.17) is 4.52 Å². The largest absolute Gasteiger partial charge is 0.339 e. The number of hydrogen-bond acceptors (Lipinski definition) is 5. The van der Waals surface area contributed by atoms with Crippen molar-refractivity contribution in [3.05, 3.63) is 77.4 Å². The topological polar surface area (TPSA) is 77.0 Å². The summed E-state index contributed by atoms with van der Waals surface area (Å²) in [5, 5.41) is 8.68. The molecule has 1 aliphatic heterocycles. The van der Waals surface area contributed by atoms with E-state index in [0.29, 0.717) is 29.5 Å². The molecule has 0 atom stereocenters. The van der Waals surface area contributed by atoms with Gasteiger partial charge in [-0.1, -0.05) is 23.4 Å². The Kier molecular flexibility index (Phi) is 4.02. The van der Waals surface area contributed by atoms with E-state index in [2.05, 4.69) is 21.3 Å². The highest BCUT2D eigenvalue weighted by atomic mass is 16.5. The molecule has 1 aliphatic carbocycles. The maximum absolute atomic E-state index is 13.2. The van der Waals surface area contributed by atoms with E-state index in [1.807, 2.05) is 60.5 Å². The van der Waals surface area contributed by atoms with E-state index in [1.165, 1.54) is 5.56 Å². The van der Waals surface area contributed by atoms with Crippen molar-refractivity contribution in [3.63, 3.8) is 0 Å². The highest BCUT2D eigenvalue weighted by Gasteiger charge is 2.30. The second-order valence-electron chi connectivity index (χ2n) is 8.19. The van der Waals surface area contributed by atoms with Crippen molar-refractivity contribution in [1.82, 2.24) is 19.9 Å². The summed E-state index contributed by atoms with van der Waals surface area (Å²) in [5.74, 6) is 1.76. The highest BCUT2D eigenvalue weighted by molar-refractivity contribution is 6.07. The van der Waals surface area contributed by atoms with E-state index in [1.54, 1.807) is 4.68 Å². The van der Waals surface area contributed by atoms with Crippen LogP contribution in [0.4, 0.5) is 5.69 Å². The molecule has 31 heavy (non-hydrogen) atoms. The summed E-state index contributed by atoms with van der Waals surface area (Å²) in [6.07, 6.45) is 4.95. The number of carbonyl (C=O) groups is 1. The van der Waals surface area contributed by atoms with Gasteiger partial charge in [0.2, 0.25) is 11.7 Å². The minimum Gasteiger partial charge on any atom is -0.339 e. The SMILES string of the molecule is Cc1nn(-c2ccc(-c3noc(C4CC4)n3)cc2)cc1C(=O)N1CCc2ccccc21. The molecular formula is C24H21N5O2. The molecule has 7 nitrogen and oxygen atoms in total. The predicted octanol–water partition coefficient (Wildman–Crippen LogP) is 4.31. The third-order valence-corrected chi connectivity index (χ3v) is 6.02. The quantitative estimate of drug-likeness (QED) is 0.500. The number of nitrogens with zero attached hydrogens (tertiary/aromatic N) is 5. The van der Waals surface area contributed by atoms with Crippen LogP contribution in [0, 0.1) is 6.92 Å². The highest BCUT2D eigenvalue weighted by Crippen LogP contribution is 2.39. The van der Waals surface area contributed by atoms with Crippen LogP contribution in [0.25, 0.3) is 17.1 Å². The van der Waals surface area contributed by atoms with E-state index >= 15 is 0 Å². The maximum atomic E-state index is 13.2. The second kappa shape index (κ2) is 6.91. The Hall–Kier alpha value is -3.74. The van der Waals surface area contributed by atoms with Gasteiger partial charge in [0.05, 0.1) is 16.9 Å². The molecule has 2 aliphatic rings. The fourth-order valence-corrected chi connectivity index (χ4v) is 4.11. The van der Waals surface area contributed by atoms with Gasteiger partial charge in [-0.15, -0.1) is 0 Å². The Morgan fingerprint density at radius 2 is 1.90 bits per heavy atom. The Balaban J connectivity index is 1.25. The normalized spacial score (nSPS) is 15.3. The molecule has 0 spiro atoms. The maximum Gasteiger partial charge on any atom is 0.261 e. The van der Waals surface area contributed by atoms with Gasteiger partial charge in [-0.3, -0.25) is 4.79 Å². The number of rotatable bonds is 4. The van der Waals surface area contributed by atoms with Crippen LogP contribution in [0.1, 0.15) is 46.3 Å². The lowest BCUT2D eigenvalue weighted by atomic mass is 10.2. The molecule has 6 rings (SSSR count). The lowest BCUT2D eigenvalue weighted by molar-refractivity contribution is 0.0989. The molecule has 2 aromatic carbocycles. The third-order valence-electron chi connectivity index (χ3n) is 6.02. The lowest BCUT2D eigenvalue weighted by Gasteiger charge is -2.16. The molecule has 0 N–H and O–H groups in total.